The van der Waals surface area contributed by atoms with Gasteiger partial charge in [0, 0.05) is 6.20 Å². The van der Waals surface area contributed by atoms with Gasteiger partial charge < -0.3 is 15.2 Å². The first-order valence-corrected chi connectivity index (χ1v) is 7.05. The molecule has 1 saturated carbocycles. The SMILES string of the molecule is COC(=O)c1ccc(COCC2CCCC2CN)nc1. The number of hydrogen-bond donors (Lipinski definition) is 1. The van der Waals surface area contributed by atoms with Crippen LogP contribution in [0.1, 0.15) is 35.3 Å². The van der Waals surface area contributed by atoms with Crippen LogP contribution in [0.5, 0.6) is 0 Å². The average molecular weight is 278 g/mol. The molecule has 1 aliphatic rings. The van der Waals surface area contributed by atoms with Crippen LogP contribution in [-0.4, -0.2) is 31.2 Å². The highest BCUT2D eigenvalue weighted by molar-refractivity contribution is 5.88. The van der Waals surface area contributed by atoms with Gasteiger partial charge in [0.1, 0.15) is 0 Å². The molecule has 0 bridgehead atoms. The Labute approximate surface area is 119 Å². The van der Waals surface area contributed by atoms with Crippen LogP contribution in [0.4, 0.5) is 0 Å². The molecule has 0 saturated heterocycles. The first-order chi connectivity index (χ1) is 9.74. The molecule has 0 spiro atoms. The van der Waals surface area contributed by atoms with Crippen LogP contribution in [0.3, 0.4) is 0 Å². The van der Waals surface area contributed by atoms with Gasteiger partial charge in [0.05, 0.1) is 31.6 Å². The number of nitrogens with two attached hydrogens (primary N) is 1. The van der Waals surface area contributed by atoms with Crippen LogP contribution in [0, 0.1) is 11.8 Å². The average Bonchev–Trinajstić information content (AvgIpc) is 2.94. The Balaban J connectivity index is 1.78. The molecule has 5 heteroatoms. The van der Waals surface area contributed by atoms with Gasteiger partial charge in [-0.25, -0.2) is 4.79 Å². The molecule has 2 unspecified atom stereocenters. The number of ether oxygens (including phenoxy) is 2. The maximum absolute atomic E-state index is 11.3. The van der Waals surface area contributed by atoms with Gasteiger partial charge in [0.25, 0.3) is 0 Å². The molecule has 1 aromatic heterocycles. The molecule has 0 aliphatic heterocycles. The molecule has 0 radical (unpaired) electrons. The number of hydrogen-bond acceptors (Lipinski definition) is 5. The lowest BCUT2D eigenvalue weighted by Crippen LogP contribution is -2.22. The second kappa shape index (κ2) is 7.36. The lowest BCUT2D eigenvalue weighted by molar-refractivity contribution is 0.0599. The zero-order valence-electron chi connectivity index (χ0n) is 11.9. The standard InChI is InChI=1S/C15H22N2O3/c1-19-15(18)12-5-6-14(17-8-12)10-20-9-13-4-2-3-11(13)7-16/h5-6,8,11,13H,2-4,7,9-10,16H2,1H3. The number of pyridine rings is 1. The molecule has 5 nitrogen and oxygen atoms in total. The Morgan fingerprint density at radius 3 is 2.85 bits per heavy atom. The quantitative estimate of drug-likeness (QED) is 0.803. The predicted octanol–water partition coefficient (Wildman–Crippen LogP) is 1.76. The topological polar surface area (TPSA) is 74.4 Å². The molecule has 2 rings (SSSR count). The van der Waals surface area contributed by atoms with Crippen LogP contribution in [-0.2, 0) is 16.1 Å². The Kier molecular flexibility index (Phi) is 5.49. The van der Waals surface area contributed by atoms with E-state index in [0.717, 1.165) is 18.8 Å². The van der Waals surface area contributed by atoms with Crippen LogP contribution in [0.25, 0.3) is 0 Å². The Morgan fingerprint density at radius 2 is 2.20 bits per heavy atom. The van der Waals surface area contributed by atoms with Gasteiger partial charge in [-0.05, 0) is 43.4 Å². The van der Waals surface area contributed by atoms with Crippen molar-refractivity contribution in [3.63, 3.8) is 0 Å². The summed E-state index contributed by atoms with van der Waals surface area (Å²) in [7, 11) is 1.36. The number of aromatic nitrogens is 1. The van der Waals surface area contributed by atoms with E-state index in [0.29, 0.717) is 24.0 Å². The molecule has 2 N–H and O–H groups in total. The van der Waals surface area contributed by atoms with Crippen LogP contribution >= 0.6 is 0 Å². The van der Waals surface area contributed by atoms with E-state index in [4.69, 9.17) is 10.5 Å². The van der Waals surface area contributed by atoms with Gasteiger partial charge in [-0.2, -0.15) is 0 Å². The van der Waals surface area contributed by atoms with Crippen molar-refractivity contribution in [3.8, 4) is 0 Å². The van der Waals surface area contributed by atoms with Gasteiger partial charge in [0.15, 0.2) is 0 Å². The smallest absolute Gasteiger partial charge is 0.339 e. The minimum atomic E-state index is -0.373. The third-order valence-corrected chi connectivity index (χ3v) is 3.95. The fourth-order valence-electron chi connectivity index (χ4n) is 2.71. The van der Waals surface area contributed by atoms with Crippen molar-refractivity contribution in [3.05, 3.63) is 29.6 Å². The van der Waals surface area contributed by atoms with E-state index in [9.17, 15) is 4.79 Å². The highest BCUT2D eigenvalue weighted by Gasteiger charge is 2.25. The normalized spacial score (nSPS) is 21.9. The molecule has 1 heterocycles. The number of carbonyl (C=O) groups excluding carboxylic acids is 1. The van der Waals surface area contributed by atoms with E-state index in [-0.39, 0.29) is 5.97 Å². The monoisotopic (exact) mass is 278 g/mol. The third-order valence-electron chi connectivity index (χ3n) is 3.95. The first-order valence-electron chi connectivity index (χ1n) is 7.05. The summed E-state index contributed by atoms with van der Waals surface area (Å²) in [6.07, 6.45) is 5.19. The zero-order valence-corrected chi connectivity index (χ0v) is 11.9. The number of nitrogens with zero attached hydrogens (tertiary/aromatic N) is 1. The van der Waals surface area contributed by atoms with Crippen molar-refractivity contribution in [1.82, 2.24) is 4.98 Å². The molecule has 2 atom stereocenters. The summed E-state index contributed by atoms with van der Waals surface area (Å²) < 4.78 is 10.4. The molecule has 20 heavy (non-hydrogen) atoms. The van der Waals surface area contributed by atoms with Crippen molar-refractivity contribution < 1.29 is 14.3 Å². The minimum absolute atomic E-state index is 0.373. The fraction of sp³-hybridized carbons (Fsp3) is 0.600. The van der Waals surface area contributed by atoms with Gasteiger partial charge in [-0.1, -0.05) is 6.42 Å². The lowest BCUT2D eigenvalue weighted by Gasteiger charge is -2.17. The fourth-order valence-corrected chi connectivity index (χ4v) is 2.71. The van der Waals surface area contributed by atoms with E-state index in [1.165, 1.54) is 32.6 Å². The second-order valence-corrected chi connectivity index (χ2v) is 5.23. The summed E-state index contributed by atoms with van der Waals surface area (Å²) in [5.74, 6) is 0.806. The maximum Gasteiger partial charge on any atom is 0.339 e. The Morgan fingerprint density at radius 1 is 1.40 bits per heavy atom. The van der Waals surface area contributed by atoms with Gasteiger partial charge >= 0.3 is 5.97 Å². The van der Waals surface area contributed by atoms with E-state index in [2.05, 4.69) is 9.72 Å². The summed E-state index contributed by atoms with van der Waals surface area (Å²) in [4.78, 5) is 15.5. The second-order valence-electron chi connectivity index (χ2n) is 5.23. The highest BCUT2D eigenvalue weighted by atomic mass is 16.5. The van der Waals surface area contributed by atoms with Crippen molar-refractivity contribution in [2.45, 2.75) is 25.9 Å². The summed E-state index contributed by atoms with van der Waals surface area (Å²) in [5, 5.41) is 0. The molecule has 0 aromatic carbocycles. The summed E-state index contributed by atoms with van der Waals surface area (Å²) in [6, 6.07) is 3.50. The van der Waals surface area contributed by atoms with E-state index < -0.39 is 0 Å². The molecular weight excluding hydrogens is 256 g/mol. The molecular formula is C15H22N2O3. The number of esters is 1. The molecule has 110 valence electrons. The molecule has 1 fully saturated rings. The van der Waals surface area contributed by atoms with Crippen LogP contribution in [0.15, 0.2) is 18.3 Å². The number of rotatable bonds is 6. The summed E-state index contributed by atoms with van der Waals surface area (Å²) >= 11 is 0. The van der Waals surface area contributed by atoms with Gasteiger partial charge in [0.2, 0.25) is 0 Å². The molecule has 1 aromatic rings. The first kappa shape index (κ1) is 14.9. The van der Waals surface area contributed by atoms with Gasteiger partial charge in [-0.3, -0.25) is 4.98 Å². The minimum Gasteiger partial charge on any atom is -0.465 e. The highest BCUT2D eigenvalue weighted by Crippen LogP contribution is 2.31. The number of carbonyl (C=O) groups is 1. The predicted molar refractivity (Wildman–Crippen MR) is 75.1 cm³/mol. The van der Waals surface area contributed by atoms with Crippen molar-refractivity contribution in [1.29, 1.82) is 0 Å². The zero-order chi connectivity index (χ0) is 14.4. The van der Waals surface area contributed by atoms with E-state index >= 15 is 0 Å². The van der Waals surface area contributed by atoms with E-state index in [1.807, 2.05) is 0 Å². The van der Waals surface area contributed by atoms with Crippen molar-refractivity contribution in [2.24, 2.45) is 17.6 Å². The van der Waals surface area contributed by atoms with Gasteiger partial charge in [-0.15, -0.1) is 0 Å². The maximum atomic E-state index is 11.3. The molecule has 1 aliphatic carbocycles. The van der Waals surface area contributed by atoms with Crippen molar-refractivity contribution >= 4 is 5.97 Å². The Hall–Kier alpha value is -1.46. The van der Waals surface area contributed by atoms with Crippen molar-refractivity contribution in [2.75, 3.05) is 20.3 Å². The largest absolute Gasteiger partial charge is 0.465 e. The summed E-state index contributed by atoms with van der Waals surface area (Å²) in [6.45, 7) is 1.96. The van der Waals surface area contributed by atoms with Crippen LogP contribution in [0.2, 0.25) is 0 Å². The lowest BCUT2D eigenvalue weighted by atomic mass is 9.97. The Bertz CT molecular complexity index is 433. The van der Waals surface area contributed by atoms with E-state index in [1.54, 1.807) is 12.1 Å². The molecule has 0 amide bonds. The number of methoxy groups -OCH3 is 1. The van der Waals surface area contributed by atoms with Crippen LogP contribution < -0.4 is 5.73 Å². The third kappa shape index (κ3) is 3.77. The summed E-state index contributed by atoms with van der Waals surface area (Å²) in [5.41, 5.74) is 7.03.